The standard InChI is InChI=1S/C18H20ClN3O2/c1-22(2)15-7-6-14(17(19)11-15)12-20-21-18(24)10-5-13-3-8-16(23)9-4-13/h3-4,6-9,11-12,23H,5,10H2,1-2H3,(H,21,24)/b20-12+. The van der Waals surface area contributed by atoms with Gasteiger partial charge in [0.1, 0.15) is 5.75 Å². The van der Waals surface area contributed by atoms with E-state index in [0.717, 1.165) is 16.8 Å². The number of carbonyl (C=O) groups is 1. The van der Waals surface area contributed by atoms with Crippen molar-refractivity contribution in [2.45, 2.75) is 12.8 Å². The summed E-state index contributed by atoms with van der Waals surface area (Å²) in [6.45, 7) is 0. The summed E-state index contributed by atoms with van der Waals surface area (Å²) < 4.78 is 0. The Hall–Kier alpha value is -2.53. The average molecular weight is 346 g/mol. The maximum absolute atomic E-state index is 11.8. The summed E-state index contributed by atoms with van der Waals surface area (Å²) in [5.41, 5.74) is 5.20. The highest BCUT2D eigenvalue weighted by Crippen LogP contribution is 2.21. The first-order chi connectivity index (χ1) is 11.5. The van der Waals surface area contributed by atoms with Crippen molar-refractivity contribution in [3.63, 3.8) is 0 Å². The van der Waals surface area contributed by atoms with Crippen LogP contribution in [0.25, 0.3) is 0 Å². The average Bonchev–Trinajstić information content (AvgIpc) is 2.55. The fourth-order valence-electron chi connectivity index (χ4n) is 2.05. The molecule has 6 heteroatoms. The minimum absolute atomic E-state index is 0.180. The first kappa shape index (κ1) is 17.8. The normalized spacial score (nSPS) is 10.8. The molecule has 2 aromatic carbocycles. The quantitative estimate of drug-likeness (QED) is 0.624. The number of phenols is 1. The van der Waals surface area contributed by atoms with Gasteiger partial charge in [0, 0.05) is 31.8 Å². The van der Waals surface area contributed by atoms with Crippen LogP contribution in [0.4, 0.5) is 5.69 Å². The zero-order valence-corrected chi connectivity index (χ0v) is 14.4. The van der Waals surface area contributed by atoms with Gasteiger partial charge in [-0.3, -0.25) is 4.79 Å². The minimum Gasteiger partial charge on any atom is -0.508 e. The monoisotopic (exact) mass is 345 g/mol. The summed E-state index contributed by atoms with van der Waals surface area (Å²) in [4.78, 5) is 13.7. The molecule has 126 valence electrons. The van der Waals surface area contributed by atoms with Gasteiger partial charge in [0.05, 0.1) is 11.2 Å². The van der Waals surface area contributed by atoms with Crippen molar-refractivity contribution in [1.29, 1.82) is 0 Å². The van der Waals surface area contributed by atoms with E-state index in [-0.39, 0.29) is 11.7 Å². The van der Waals surface area contributed by atoms with E-state index in [4.69, 9.17) is 11.6 Å². The predicted molar refractivity (Wildman–Crippen MR) is 97.9 cm³/mol. The van der Waals surface area contributed by atoms with Gasteiger partial charge >= 0.3 is 0 Å². The van der Waals surface area contributed by atoms with Crippen LogP contribution in [0.2, 0.25) is 5.02 Å². The number of rotatable bonds is 6. The van der Waals surface area contributed by atoms with E-state index in [9.17, 15) is 9.90 Å². The lowest BCUT2D eigenvalue weighted by Gasteiger charge is -2.13. The number of hydrazone groups is 1. The predicted octanol–water partition coefficient (Wildman–Crippen LogP) is 3.19. The van der Waals surface area contributed by atoms with Gasteiger partial charge in [0.25, 0.3) is 0 Å². The molecule has 2 N–H and O–H groups in total. The lowest BCUT2D eigenvalue weighted by Crippen LogP contribution is -2.17. The fourth-order valence-corrected chi connectivity index (χ4v) is 2.27. The van der Waals surface area contributed by atoms with Crippen molar-refractivity contribution in [3.8, 4) is 5.75 Å². The van der Waals surface area contributed by atoms with Crippen LogP contribution in [0.5, 0.6) is 5.75 Å². The van der Waals surface area contributed by atoms with E-state index in [1.165, 1.54) is 6.21 Å². The maximum Gasteiger partial charge on any atom is 0.240 e. The molecule has 0 unspecified atom stereocenters. The number of anilines is 1. The Morgan fingerprint density at radius 3 is 2.58 bits per heavy atom. The highest BCUT2D eigenvalue weighted by Gasteiger charge is 2.03. The largest absolute Gasteiger partial charge is 0.508 e. The highest BCUT2D eigenvalue weighted by atomic mass is 35.5. The maximum atomic E-state index is 11.8. The van der Waals surface area contributed by atoms with Crippen molar-refractivity contribution < 1.29 is 9.90 Å². The van der Waals surface area contributed by atoms with Crippen LogP contribution in [0, 0.1) is 0 Å². The van der Waals surface area contributed by atoms with Crippen molar-refractivity contribution in [2.24, 2.45) is 5.10 Å². The molecule has 1 amide bonds. The molecule has 24 heavy (non-hydrogen) atoms. The first-order valence-corrected chi connectivity index (χ1v) is 7.90. The van der Waals surface area contributed by atoms with E-state index in [0.29, 0.717) is 17.9 Å². The highest BCUT2D eigenvalue weighted by molar-refractivity contribution is 6.33. The summed E-state index contributed by atoms with van der Waals surface area (Å²) >= 11 is 6.19. The molecule has 0 radical (unpaired) electrons. The second kappa shape index (κ2) is 8.36. The molecule has 0 aliphatic heterocycles. The van der Waals surface area contributed by atoms with E-state index in [2.05, 4.69) is 10.5 Å². The topological polar surface area (TPSA) is 64.9 Å². The summed E-state index contributed by atoms with van der Waals surface area (Å²) in [5, 5.41) is 13.7. The third-order valence-electron chi connectivity index (χ3n) is 3.47. The van der Waals surface area contributed by atoms with Crippen LogP contribution in [-0.4, -0.2) is 31.3 Å². The van der Waals surface area contributed by atoms with Crippen LogP contribution >= 0.6 is 11.6 Å². The number of aromatic hydroxyl groups is 1. The van der Waals surface area contributed by atoms with Gasteiger partial charge in [0.15, 0.2) is 0 Å². The first-order valence-electron chi connectivity index (χ1n) is 7.52. The van der Waals surface area contributed by atoms with Gasteiger partial charge in [-0.25, -0.2) is 5.43 Å². The molecule has 0 aliphatic rings. The molecule has 0 aromatic heterocycles. The number of phenolic OH excluding ortho intramolecular Hbond substituents is 1. The summed E-state index contributed by atoms with van der Waals surface area (Å²) in [7, 11) is 3.88. The number of hydrogen-bond donors (Lipinski definition) is 2. The smallest absolute Gasteiger partial charge is 0.240 e. The van der Waals surface area contributed by atoms with E-state index < -0.39 is 0 Å². The van der Waals surface area contributed by atoms with Gasteiger partial charge in [-0.1, -0.05) is 23.7 Å². The molecule has 0 saturated heterocycles. The number of hydrogen-bond acceptors (Lipinski definition) is 4. The molecule has 0 fully saturated rings. The number of carbonyl (C=O) groups excluding carboxylic acids is 1. The summed E-state index contributed by atoms with van der Waals surface area (Å²) in [6, 6.07) is 12.4. The van der Waals surface area contributed by atoms with Gasteiger partial charge in [-0.15, -0.1) is 0 Å². The molecule has 0 saturated carbocycles. The van der Waals surface area contributed by atoms with E-state index in [1.54, 1.807) is 24.3 Å². The number of halogens is 1. The molecule has 0 spiro atoms. The fraction of sp³-hybridized carbons (Fsp3) is 0.222. The van der Waals surface area contributed by atoms with Crippen molar-refractivity contribution in [2.75, 3.05) is 19.0 Å². The van der Waals surface area contributed by atoms with Gasteiger partial charge < -0.3 is 10.0 Å². The summed E-state index contributed by atoms with van der Waals surface area (Å²) in [5.74, 6) is 0.0327. The van der Waals surface area contributed by atoms with Gasteiger partial charge in [-0.05, 0) is 42.3 Å². The third-order valence-corrected chi connectivity index (χ3v) is 3.80. The lowest BCUT2D eigenvalue weighted by atomic mass is 10.1. The van der Waals surface area contributed by atoms with Crippen molar-refractivity contribution >= 4 is 29.4 Å². The van der Waals surface area contributed by atoms with Crippen LogP contribution in [0.1, 0.15) is 17.5 Å². The Morgan fingerprint density at radius 2 is 1.96 bits per heavy atom. The SMILES string of the molecule is CN(C)c1ccc(/C=N/NC(=O)CCc2ccc(O)cc2)c(Cl)c1. The number of nitrogens with zero attached hydrogens (tertiary/aromatic N) is 2. The third kappa shape index (κ3) is 5.28. The number of benzene rings is 2. The Kier molecular flexibility index (Phi) is 6.21. The Morgan fingerprint density at radius 1 is 1.25 bits per heavy atom. The molecular weight excluding hydrogens is 326 g/mol. The molecular formula is C18H20ClN3O2. The lowest BCUT2D eigenvalue weighted by molar-refractivity contribution is -0.121. The second-order valence-corrected chi connectivity index (χ2v) is 5.97. The van der Waals surface area contributed by atoms with Gasteiger partial charge in [-0.2, -0.15) is 5.10 Å². The Labute approximate surface area is 146 Å². The van der Waals surface area contributed by atoms with Crippen LogP contribution < -0.4 is 10.3 Å². The zero-order valence-electron chi connectivity index (χ0n) is 13.7. The summed E-state index contributed by atoms with van der Waals surface area (Å²) in [6.07, 6.45) is 2.43. The van der Waals surface area contributed by atoms with Crippen LogP contribution in [-0.2, 0) is 11.2 Å². The number of amides is 1. The van der Waals surface area contributed by atoms with Crippen molar-refractivity contribution in [3.05, 3.63) is 58.6 Å². The molecule has 2 aromatic rings. The zero-order chi connectivity index (χ0) is 17.5. The van der Waals surface area contributed by atoms with E-state index in [1.807, 2.05) is 37.2 Å². The van der Waals surface area contributed by atoms with E-state index >= 15 is 0 Å². The Bertz CT molecular complexity index is 728. The second-order valence-electron chi connectivity index (χ2n) is 5.56. The molecule has 0 atom stereocenters. The van der Waals surface area contributed by atoms with Crippen molar-refractivity contribution in [1.82, 2.24) is 5.43 Å². The molecule has 0 aliphatic carbocycles. The van der Waals surface area contributed by atoms with Gasteiger partial charge in [0.2, 0.25) is 5.91 Å². The number of nitrogens with one attached hydrogen (secondary N) is 1. The molecule has 0 heterocycles. The van der Waals surface area contributed by atoms with Crippen LogP contribution in [0.3, 0.4) is 0 Å². The molecule has 0 bridgehead atoms. The minimum atomic E-state index is -0.180. The number of aryl methyl sites for hydroxylation is 1. The molecule has 5 nitrogen and oxygen atoms in total. The van der Waals surface area contributed by atoms with Crippen LogP contribution in [0.15, 0.2) is 47.6 Å². The Balaban J connectivity index is 1.84. The molecule has 2 rings (SSSR count).